The second-order valence-corrected chi connectivity index (χ2v) is 5.80. The Kier molecular flexibility index (Phi) is 6.05. The number of aliphatic hydroxyl groups excluding tert-OH is 1. The molecule has 0 radical (unpaired) electrons. The monoisotopic (exact) mass is 291 g/mol. The fourth-order valence-electron chi connectivity index (χ4n) is 2.72. The largest absolute Gasteiger partial charge is 0.494 e. The molecule has 1 aliphatic heterocycles. The lowest BCUT2D eigenvalue weighted by atomic mass is 9.99. The summed E-state index contributed by atoms with van der Waals surface area (Å²) >= 11 is 0. The molecular formula is C17H25NO3. The van der Waals surface area contributed by atoms with Gasteiger partial charge in [0.15, 0.2) is 0 Å². The van der Waals surface area contributed by atoms with E-state index < -0.39 is 0 Å². The van der Waals surface area contributed by atoms with Crippen LogP contribution in [0.4, 0.5) is 0 Å². The predicted molar refractivity (Wildman–Crippen MR) is 82.3 cm³/mol. The van der Waals surface area contributed by atoms with Gasteiger partial charge >= 0.3 is 0 Å². The Morgan fingerprint density at radius 3 is 3.10 bits per heavy atom. The van der Waals surface area contributed by atoms with Gasteiger partial charge in [-0.3, -0.25) is 4.79 Å². The van der Waals surface area contributed by atoms with Gasteiger partial charge in [0.2, 0.25) is 5.91 Å². The molecule has 1 amide bonds. The van der Waals surface area contributed by atoms with Crippen molar-refractivity contribution < 1.29 is 14.6 Å². The van der Waals surface area contributed by atoms with Crippen molar-refractivity contribution in [3.63, 3.8) is 0 Å². The Balaban J connectivity index is 1.67. The van der Waals surface area contributed by atoms with Crippen LogP contribution in [0.3, 0.4) is 0 Å². The van der Waals surface area contributed by atoms with Crippen molar-refractivity contribution in [3.8, 4) is 5.75 Å². The highest BCUT2D eigenvalue weighted by Gasteiger charge is 2.22. The number of carbonyl (C=O) groups is 1. The fraction of sp³-hybridized carbons (Fsp3) is 0.588. The Bertz CT molecular complexity index is 461. The minimum absolute atomic E-state index is 0.181. The van der Waals surface area contributed by atoms with Gasteiger partial charge in [0.25, 0.3) is 0 Å². The van der Waals surface area contributed by atoms with Gasteiger partial charge in [0, 0.05) is 26.1 Å². The van der Waals surface area contributed by atoms with Crippen molar-refractivity contribution in [1.29, 1.82) is 0 Å². The number of aliphatic hydroxyl groups is 1. The summed E-state index contributed by atoms with van der Waals surface area (Å²) in [6.07, 6.45) is 3.27. The average molecular weight is 291 g/mol. The highest BCUT2D eigenvalue weighted by molar-refractivity contribution is 5.76. The molecule has 1 saturated heterocycles. The van der Waals surface area contributed by atoms with Crippen LogP contribution in [-0.2, 0) is 4.79 Å². The Hall–Kier alpha value is -1.55. The zero-order valence-corrected chi connectivity index (χ0v) is 12.8. The first-order chi connectivity index (χ1) is 10.2. The number of amides is 1. The lowest BCUT2D eigenvalue weighted by molar-refractivity contribution is -0.133. The van der Waals surface area contributed by atoms with Gasteiger partial charge in [0.05, 0.1) is 6.61 Å². The number of carbonyl (C=O) groups excluding carboxylic acids is 1. The van der Waals surface area contributed by atoms with Crippen LogP contribution in [0.25, 0.3) is 0 Å². The molecule has 116 valence electrons. The third kappa shape index (κ3) is 5.05. The zero-order chi connectivity index (χ0) is 15.1. The average Bonchev–Trinajstić information content (AvgIpc) is 2.51. The molecule has 0 bridgehead atoms. The number of aryl methyl sites for hydroxylation is 1. The topological polar surface area (TPSA) is 49.8 Å². The smallest absolute Gasteiger partial charge is 0.222 e. The summed E-state index contributed by atoms with van der Waals surface area (Å²) in [5.74, 6) is 1.30. The third-order valence-electron chi connectivity index (χ3n) is 3.92. The first kappa shape index (κ1) is 15.8. The van der Waals surface area contributed by atoms with E-state index in [2.05, 4.69) is 0 Å². The first-order valence-electron chi connectivity index (χ1n) is 7.77. The van der Waals surface area contributed by atoms with Crippen LogP contribution in [-0.4, -0.2) is 42.2 Å². The number of ether oxygens (including phenoxy) is 1. The Morgan fingerprint density at radius 1 is 1.48 bits per heavy atom. The maximum absolute atomic E-state index is 12.1. The molecule has 0 aromatic heterocycles. The van der Waals surface area contributed by atoms with E-state index in [0.717, 1.165) is 31.6 Å². The third-order valence-corrected chi connectivity index (χ3v) is 3.92. The minimum Gasteiger partial charge on any atom is -0.494 e. The molecule has 21 heavy (non-hydrogen) atoms. The van der Waals surface area contributed by atoms with E-state index >= 15 is 0 Å². The summed E-state index contributed by atoms with van der Waals surface area (Å²) in [6, 6.07) is 7.94. The van der Waals surface area contributed by atoms with Gasteiger partial charge in [-0.2, -0.15) is 0 Å². The number of rotatable bonds is 6. The molecule has 4 nitrogen and oxygen atoms in total. The van der Waals surface area contributed by atoms with E-state index in [1.807, 2.05) is 36.1 Å². The second-order valence-electron chi connectivity index (χ2n) is 5.80. The summed E-state index contributed by atoms with van der Waals surface area (Å²) in [4.78, 5) is 14.0. The number of nitrogens with zero attached hydrogens (tertiary/aromatic N) is 1. The Morgan fingerprint density at radius 2 is 2.33 bits per heavy atom. The molecule has 1 fully saturated rings. The molecule has 1 atom stereocenters. The molecule has 0 aliphatic carbocycles. The summed E-state index contributed by atoms with van der Waals surface area (Å²) in [7, 11) is 0. The number of piperidine rings is 1. The van der Waals surface area contributed by atoms with Gasteiger partial charge in [-0.15, -0.1) is 0 Å². The van der Waals surface area contributed by atoms with Crippen LogP contribution in [0.5, 0.6) is 5.75 Å². The van der Waals surface area contributed by atoms with Crippen LogP contribution in [0.1, 0.15) is 31.2 Å². The van der Waals surface area contributed by atoms with E-state index in [-0.39, 0.29) is 18.4 Å². The molecule has 1 unspecified atom stereocenters. The zero-order valence-electron chi connectivity index (χ0n) is 12.8. The van der Waals surface area contributed by atoms with Crippen LogP contribution in [0.15, 0.2) is 24.3 Å². The molecule has 0 saturated carbocycles. The maximum atomic E-state index is 12.1. The predicted octanol–water partition coefficient (Wildman–Crippen LogP) is 2.38. The van der Waals surface area contributed by atoms with E-state index in [0.29, 0.717) is 19.6 Å². The van der Waals surface area contributed by atoms with Gasteiger partial charge in [-0.25, -0.2) is 0 Å². The molecule has 4 heteroatoms. The van der Waals surface area contributed by atoms with E-state index in [1.54, 1.807) is 0 Å². The molecule has 2 rings (SSSR count). The maximum Gasteiger partial charge on any atom is 0.222 e. The Labute approximate surface area is 126 Å². The number of hydrogen-bond donors (Lipinski definition) is 1. The van der Waals surface area contributed by atoms with E-state index in [1.165, 1.54) is 5.56 Å². The first-order valence-corrected chi connectivity index (χ1v) is 7.77. The van der Waals surface area contributed by atoms with Crippen LogP contribution >= 0.6 is 0 Å². The molecule has 1 aromatic rings. The summed E-state index contributed by atoms with van der Waals surface area (Å²) < 4.78 is 5.66. The molecule has 1 N–H and O–H groups in total. The van der Waals surface area contributed by atoms with Crippen LogP contribution < -0.4 is 4.74 Å². The molecule has 1 heterocycles. The fourth-order valence-corrected chi connectivity index (χ4v) is 2.72. The molecule has 0 spiro atoms. The second kappa shape index (κ2) is 8.03. The van der Waals surface area contributed by atoms with Crippen molar-refractivity contribution in [3.05, 3.63) is 29.8 Å². The summed E-state index contributed by atoms with van der Waals surface area (Å²) in [5, 5.41) is 9.20. The van der Waals surface area contributed by atoms with Crippen LogP contribution in [0.2, 0.25) is 0 Å². The number of likely N-dealkylation sites (tertiary alicyclic amines) is 1. The van der Waals surface area contributed by atoms with Gasteiger partial charge < -0.3 is 14.7 Å². The molecule has 1 aliphatic rings. The van der Waals surface area contributed by atoms with Crippen molar-refractivity contribution in [2.24, 2.45) is 5.92 Å². The highest BCUT2D eigenvalue weighted by Crippen LogP contribution is 2.17. The van der Waals surface area contributed by atoms with Crippen molar-refractivity contribution in [2.75, 3.05) is 26.3 Å². The van der Waals surface area contributed by atoms with E-state index in [9.17, 15) is 9.90 Å². The standard InChI is InChI=1S/C17H25NO3/c1-14-5-2-7-16(11-14)21-10-4-8-17(20)18-9-3-6-15(12-18)13-19/h2,5,7,11,15,19H,3-4,6,8-10,12-13H2,1H3. The molecular weight excluding hydrogens is 266 g/mol. The van der Waals surface area contributed by atoms with Gasteiger partial charge in [-0.1, -0.05) is 12.1 Å². The van der Waals surface area contributed by atoms with Gasteiger partial charge in [-0.05, 0) is 49.8 Å². The lowest BCUT2D eigenvalue weighted by Gasteiger charge is -2.31. The number of benzene rings is 1. The summed E-state index contributed by atoms with van der Waals surface area (Å²) in [6.45, 7) is 4.30. The highest BCUT2D eigenvalue weighted by atomic mass is 16.5. The normalized spacial score (nSPS) is 18.6. The van der Waals surface area contributed by atoms with Crippen molar-refractivity contribution in [1.82, 2.24) is 4.90 Å². The number of hydrogen-bond acceptors (Lipinski definition) is 3. The van der Waals surface area contributed by atoms with Gasteiger partial charge in [0.1, 0.15) is 5.75 Å². The molecule has 1 aromatic carbocycles. The summed E-state index contributed by atoms with van der Waals surface area (Å²) in [5.41, 5.74) is 1.17. The van der Waals surface area contributed by atoms with Crippen molar-refractivity contribution in [2.45, 2.75) is 32.6 Å². The minimum atomic E-state index is 0.181. The quantitative estimate of drug-likeness (QED) is 0.819. The van der Waals surface area contributed by atoms with E-state index in [4.69, 9.17) is 4.74 Å². The van der Waals surface area contributed by atoms with Crippen molar-refractivity contribution >= 4 is 5.91 Å². The SMILES string of the molecule is Cc1cccc(OCCCC(=O)N2CCCC(CO)C2)c1. The van der Waals surface area contributed by atoms with Crippen LogP contribution in [0, 0.1) is 12.8 Å². The lowest BCUT2D eigenvalue weighted by Crippen LogP contribution is -2.40.